The number of aromatic carboxylic acids is 1. The second kappa shape index (κ2) is 5.27. The van der Waals surface area contributed by atoms with Gasteiger partial charge in [0.05, 0.1) is 11.3 Å². The third kappa shape index (κ3) is 2.85. The number of halogens is 2. The first kappa shape index (κ1) is 13.4. The fourth-order valence-electron chi connectivity index (χ4n) is 1.49. The van der Waals surface area contributed by atoms with Crippen LogP contribution < -0.4 is 10.5 Å². The molecule has 0 amide bonds. The highest BCUT2D eigenvalue weighted by atomic mass is 79.9. The van der Waals surface area contributed by atoms with Gasteiger partial charge in [0.15, 0.2) is 17.3 Å². The molecule has 0 aliphatic heterocycles. The first-order valence-electron chi connectivity index (χ1n) is 5.23. The quantitative estimate of drug-likeness (QED) is 0.844. The Morgan fingerprint density at radius 2 is 2.00 bits per heavy atom. The first-order valence-corrected chi connectivity index (χ1v) is 6.03. The van der Waals surface area contributed by atoms with E-state index in [1.165, 1.54) is 36.4 Å². The van der Waals surface area contributed by atoms with Crippen LogP contribution in [-0.4, -0.2) is 11.1 Å². The SMILES string of the molecule is Nc1c(Oc2cc(Br)ccc2F)cccc1C(=O)O. The van der Waals surface area contributed by atoms with Gasteiger partial charge < -0.3 is 15.6 Å². The standard InChI is InChI=1S/C13H9BrFNO3/c14-7-4-5-9(15)11(6-7)19-10-3-1-2-8(12(10)16)13(17)18/h1-6H,16H2,(H,17,18). The highest BCUT2D eigenvalue weighted by Crippen LogP contribution is 2.32. The van der Waals surface area contributed by atoms with Crippen molar-refractivity contribution >= 4 is 27.6 Å². The minimum absolute atomic E-state index is 0.0383. The van der Waals surface area contributed by atoms with Gasteiger partial charge in [-0.15, -0.1) is 0 Å². The molecule has 0 aliphatic rings. The Morgan fingerprint density at radius 3 is 2.68 bits per heavy atom. The van der Waals surface area contributed by atoms with Crippen LogP contribution >= 0.6 is 15.9 Å². The van der Waals surface area contributed by atoms with E-state index in [2.05, 4.69) is 15.9 Å². The number of ether oxygens (including phenoxy) is 1. The van der Waals surface area contributed by atoms with Gasteiger partial charge in [0.1, 0.15) is 0 Å². The average molecular weight is 326 g/mol. The molecule has 98 valence electrons. The first-order chi connectivity index (χ1) is 8.99. The lowest BCUT2D eigenvalue weighted by molar-refractivity contribution is 0.0697. The summed E-state index contributed by atoms with van der Waals surface area (Å²) in [5.74, 6) is -1.68. The van der Waals surface area contributed by atoms with Crippen molar-refractivity contribution < 1.29 is 19.0 Å². The van der Waals surface area contributed by atoms with Crippen molar-refractivity contribution in [2.45, 2.75) is 0 Å². The van der Waals surface area contributed by atoms with E-state index < -0.39 is 11.8 Å². The molecular formula is C13H9BrFNO3. The van der Waals surface area contributed by atoms with Gasteiger partial charge in [-0.05, 0) is 30.3 Å². The summed E-state index contributed by atoms with van der Waals surface area (Å²) in [7, 11) is 0. The highest BCUT2D eigenvalue weighted by Gasteiger charge is 2.14. The van der Waals surface area contributed by atoms with Crippen LogP contribution in [0, 0.1) is 5.82 Å². The van der Waals surface area contributed by atoms with E-state index in [4.69, 9.17) is 15.6 Å². The maximum Gasteiger partial charge on any atom is 0.337 e. The predicted octanol–water partition coefficient (Wildman–Crippen LogP) is 3.66. The third-order valence-corrected chi connectivity index (χ3v) is 2.90. The number of nitrogen functional groups attached to an aromatic ring is 1. The maximum atomic E-state index is 13.5. The number of carbonyl (C=O) groups is 1. The van der Waals surface area contributed by atoms with Gasteiger partial charge in [-0.2, -0.15) is 0 Å². The number of benzene rings is 2. The number of carboxylic acids is 1. The molecule has 0 spiro atoms. The van der Waals surface area contributed by atoms with Crippen molar-refractivity contribution in [3.8, 4) is 11.5 Å². The van der Waals surface area contributed by atoms with E-state index in [0.29, 0.717) is 4.47 Å². The van der Waals surface area contributed by atoms with E-state index in [9.17, 15) is 9.18 Å². The lowest BCUT2D eigenvalue weighted by Gasteiger charge is -2.11. The van der Waals surface area contributed by atoms with Gasteiger partial charge in [0.2, 0.25) is 0 Å². The van der Waals surface area contributed by atoms with E-state index in [-0.39, 0.29) is 22.7 Å². The smallest absolute Gasteiger partial charge is 0.337 e. The Balaban J connectivity index is 2.41. The van der Waals surface area contributed by atoms with Crippen molar-refractivity contribution in [3.63, 3.8) is 0 Å². The number of rotatable bonds is 3. The van der Waals surface area contributed by atoms with Crippen molar-refractivity contribution in [3.05, 3.63) is 52.3 Å². The number of nitrogens with two attached hydrogens (primary N) is 1. The lowest BCUT2D eigenvalue weighted by Crippen LogP contribution is -2.04. The summed E-state index contributed by atoms with van der Waals surface area (Å²) in [5, 5.41) is 8.94. The Kier molecular flexibility index (Phi) is 3.71. The minimum Gasteiger partial charge on any atom is -0.478 e. The summed E-state index contributed by atoms with van der Waals surface area (Å²) < 4.78 is 19.5. The van der Waals surface area contributed by atoms with Gasteiger partial charge in [0, 0.05) is 4.47 Å². The summed E-state index contributed by atoms with van der Waals surface area (Å²) in [6.45, 7) is 0. The molecule has 19 heavy (non-hydrogen) atoms. The zero-order chi connectivity index (χ0) is 14.0. The van der Waals surface area contributed by atoms with Gasteiger partial charge in [-0.25, -0.2) is 9.18 Å². The van der Waals surface area contributed by atoms with Crippen LogP contribution in [0.1, 0.15) is 10.4 Å². The van der Waals surface area contributed by atoms with E-state index in [1.54, 1.807) is 0 Å². The molecule has 0 atom stereocenters. The molecule has 2 aromatic carbocycles. The largest absolute Gasteiger partial charge is 0.478 e. The van der Waals surface area contributed by atoms with Crippen molar-refractivity contribution in [2.75, 3.05) is 5.73 Å². The Labute approximate surface area is 116 Å². The predicted molar refractivity (Wildman–Crippen MR) is 72.0 cm³/mol. The van der Waals surface area contributed by atoms with Crippen LogP contribution in [0.4, 0.5) is 10.1 Å². The van der Waals surface area contributed by atoms with Crippen molar-refractivity contribution in [2.24, 2.45) is 0 Å². The molecule has 0 bridgehead atoms. The third-order valence-electron chi connectivity index (χ3n) is 2.41. The molecule has 2 aromatic rings. The van der Waals surface area contributed by atoms with Gasteiger partial charge in [-0.3, -0.25) is 0 Å². The van der Waals surface area contributed by atoms with Crippen LogP contribution in [0.15, 0.2) is 40.9 Å². The number of anilines is 1. The lowest BCUT2D eigenvalue weighted by atomic mass is 10.1. The Hall–Kier alpha value is -2.08. The van der Waals surface area contributed by atoms with Crippen LogP contribution in [0.2, 0.25) is 0 Å². The minimum atomic E-state index is -1.17. The summed E-state index contributed by atoms with van der Waals surface area (Å²) in [5.41, 5.74) is 5.54. The van der Waals surface area contributed by atoms with Crippen LogP contribution in [-0.2, 0) is 0 Å². The molecule has 0 saturated heterocycles. The van der Waals surface area contributed by atoms with Crippen molar-refractivity contribution in [1.29, 1.82) is 0 Å². The van der Waals surface area contributed by atoms with Gasteiger partial charge in [-0.1, -0.05) is 22.0 Å². The molecule has 0 aromatic heterocycles. The molecule has 0 unspecified atom stereocenters. The molecule has 0 radical (unpaired) electrons. The molecule has 0 saturated carbocycles. The number of carboxylic acid groups (broad SMARTS) is 1. The topological polar surface area (TPSA) is 72.5 Å². The summed E-state index contributed by atoms with van der Waals surface area (Å²) in [4.78, 5) is 10.9. The number of hydrogen-bond donors (Lipinski definition) is 2. The second-order valence-corrected chi connectivity index (χ2v) is 4.62. The summed E-state index contributed by atoms with van der Waals surface area (Å²) in [6, 6.07) is 8.49. The van der Waals surface area contributed by atoms with E-state index in [1.807, 2.05) is 0 Å². The van der Waals surface area contributed by atoms with Gasteiger partial charge >= 0.3 is 5.97 Å². The summed E-state index contributed by atoms with van der Waals surface area (Å²) >= 11 is 3.19. The normalized spacial score (nSPS) is 10.2. The number of para-hydroxylation sites is 1. The fraction of sp³-hybridized carbons (Fsp3) is 0. The summed E-state index contributed by atoms with van der Waals surface area (Å²) in [6.07, 6.45) is 0. The van der Waals surface area contributed by atoms with Crippen LogP contribution in [0.5, 0.6) is 11.5 Å². The molecular weight excluding hydrogens is 317 g/mol. The monoisotopic (exact) mass is 325 g/mol. The molecule has 3 N–H and O–H groups in total. The molecule has 0 fully saturated rings. The Morgan fingerprint density at radius 1 is 1.26 bits per heavy atom. The van der Waals surface area contributed by atoms with Crippen LogP contribution in [0.3, 0.4) is 0 Å². The molecule has 2 rings (SSSR count). The zero-order valence-electron chi connectivity index (χ0n) is 9.56. The zero-order valence-corrected chi connectivity index (χ0v) is 11.1. The highest BCUT2D eigenvalue weighted by molar-refractivity contribution is 9.10. The van der Waals surface area contributed by atoms with E-state index in [0.717, 1.165) is 0 Å². The molecule has 0 aliphatic carbocycles. The molecule has 6 heteroatoms. The van der Waals surface area contributed by atoms with E-state index >= 15 is 0 Å². The Bertz CT molecular complexity index is 646. The fourth-order valence-corrected chi connectivity index (χ4v) is 1.83. The average Bonchev–Trinajstić information content (AvgIpc) is 2.36. The molecule has 4 nitrogen and oxygen atoms in total. The van der Waals surface area contributed by atoms with Crippen molar-refractivity contribution in [1.82, 2.24) is 0 Å². The van der Waals surface area contributed by atoms with Crippen LogP contribution in [0.25, 0.3) is 0 Å². The number of hydrogen-bond acceptors (Lipinski definition) is 3. The molecule has 0 heterocycles. The second-order valence-electron chi connectivity index (χ2n) is 3.70. The van der Waals surface area contributed by atoms with Gasteiger partial charge in [0.25, 0.3) is 0 Å². The maximum absolute atomic E-state index is 13.5.